The third-order valence-electron chi connectivity index (χ3n) is 3.58. The monoisotopic (exact) mass is 342 g/mol. The molecule has 0 fully saturated rings. The zero-order chi connectivity index (χ0) is 18.2. The molecule has 25 heavy (non-hydrogen) atoms. The van der Waals surface area contributed by atoms with Gasteiger partial charge in [0.15, 0.2) is 23.0 Å². The van der Waals surface area contributed by atoms with Gasteiger partial charge in [0.2, 0.25) is 5.75 Å². The van der Waals surface area contributed by atoms with Crippen molar-refractivity contribution < 1.29 is 24.1 Å². The van der Waals surface area contributed by atoms with Crippen LogP contribution in [0, 0.1) is 0 Å². The van der Waals surface area contributed by atoms with Crippen LogP contribution in [0.25, 0.3) is 12.2 Å². The Balaban J connectivity index is 2.17. The highest BCUT2D eigenvalue weighted by atomic mass is 16.5. The van der Waals surface area contributed by atoms with Crippen LogP contribution in [-0.4, -0.2) is 33.5 Å². The third kappa shape index (κ3) is 4.47. The Kier molecular flexibility index (Phi) is 6.34. The number of benzene rings is 2. The Morgan fingerprint density at radius 2 is 1.24 bits per heavy atom. The van der Waals surface area contributed by atoms with E-state index in [-0.39, 0.29) is 5.75 Å². The van der Waals surface area contributed by atoms with Crippen molar-refractivity contribution in [2.24, 2.45) is 0 Å². The molecule has 0 atom stereocenters. The number of rotatable bonds is 7. The fraction of sp³-hybridized carbons (Fsp3) is 0.200. The van der Waals surface area contributed by atoms with E-state index in [2.05, 4.69) is 0 Å². The molecule has 0 bridgehead atoms. The topological polar surface area (TPSA) is 57.2 Å². The van der Waals surface area contributed by atoms with E-state index in [1.165, 1.54) is 7.11 Å². The van der Waals surface area contributed by atoms with Crippen molar-refractivity contribution in [1.29, 1.82) is 0 Å². The third-order valence-corrected chi connectivity index (χ3v) is 3.58. The summed E-state index contributed by atoms with van der Waals surface area (Å²) in [6, 6.07) is 8.96. The van der Waals surface area contributed by atoms with E-state index in [9.17, 15) is 5.11 Å². The van der Waals surface area contributed by atoms with E-state index < -0.39 is 0 Å². The summed E-state index contributed by atoms with van der Waals surface area (Å²) < 4.78 is 21.0. The lowest BCUT2D eigenvalue weighted by molar-refractivity contribution is 0.324. The number of phenolic OH excluding ortho intramolecular Hbond substituents is 1. The summed E-state index contributed by atoms with van der Waals surface area (Å²) in [5.74, 6) is 2.32. The molecule has 0 aliphatic carbocycles. The van der Waals surface area contributed by atoms with Crippen molar-refractivity contribution >= 4 is 12.2 Å². The molecule has 0 saturated heterocycles. The van der Waals surface area contributed by atoms with Gasteiger partial charge in [0.05, 0.1) is 28.4 Å². The van der Waals surface area contributed by atoms with E-state index in [0.29, 0.717) is 23.0 Å². The molecule has 5 nitrogen and oxygen atoms in total. The molecule has 0 radical (unpaired) electrons. The number of allylic oxidation sites excluding steroid dienone is 2. The van der Waals surface area contributed by atoms with E-state index >= 15 is 0 Å². The van der Waals surface area contributed by atoms with Crippen molar-refractivity contribution in [3.05, 3.63) is 53.6 Å². The molecule has 0 aliphatic heterocycles. The molecule has 0 saturated carbocycles. The maximum absolute atomic E-state index is 9.77. The lowest BCUT2D eigenvalue weighted by Crippen LogP contribution is -1.95. The van der Waals surface area contributed by atoms with Crippen molar-refractivity contribution in [1.82, 2.24) is 0 Å². The second-order valence-corrected chi connectivity index (χ2v) is 5.11. The molecule has 0 spiro atoms. The zero-order valence-electron chi connectivity index (χ0n) is 14.8. The molecule has 0 heterocycles. The first-order valence-corrected chi connectivity index (χ1v) is 7.64. The van der Waals surface area contributed by atoms with Gasteiger partial charge in [-0.2, -0.15) is 0 Å². The quantitative estimate of drug-likeness (QED) is 0.766. The second kappa shape index (κ2) is 8.68. The van der Waals surface area contributed by atoms with Crippen molar-refractivity contribution in [3.63, 3.8) is 0 Å². The maximum Gasteiger partial charge on any atom is 0.203 e. The number of phenols is 1. The first-order valence-electron chi connectivity index (χ1n) is 7.64. The predicted molar refractivity (Wildman–Crippen MR) is 98.8 cm³/mol. The van der Waals surface area contributed by atoms with Gasteiger partial charge < -0.3 is 24.1 Å². The number of ether oxygens (including phenoxy) is 4. The highest BCUT2D eigenvalue weighted by Gasteiger charge is 2.11. The summed E-state index contributed by atoms with van der Waals surface area (Å²) in [7, 11) is 6.26. The minimum Gasteiger partial charge on any atom is -0.504 e. The molecule has 2 aromatic carbocycles. The van der Waals surface area contributed by atoms with Gasteiger partial charge in [-0.3, -0.25) is 0 Å². The molecule has 2 aromatic rings. The van der Waals surface area contributed by atoms with Crippen molar-refractivity contribution in [3.8, 4) is 28.7 Å². The predicted octanol–water partition coefficient (Wildman–Crippen LogP) is 4.15. The Morgan fingerprint density at radius 1 is 0.680 bits per heavy atom. The molecule has 0 amide bonds. The normalized spacial score (nSPS) is 11.0. The van der Waals surface area contributed by atoms with Gasteiger partial charge in [-0.15, -0.1) is 0 Å². The van der Waals surface area contributed by atoms with E-state index in [4.69, 9.17) is 18.9 Å². The SMILES string of the molecule is COc1ccc(/C=C\C=C\c2cc(OC)c(OC)c(OC)c2)cc1O. The van der Waals surface area contributed by atoms with Crippen LogP contribution in [0.5, 0.6) is 28.7 Å². The maximum atomic E-state index is 9.77. The summed E-state index contributed by atoms with van der Waals surface area (Å²) in [6.07, 6.45) is 7.57. The molecule has 0 unspecified atom stereocenters. The van der Waals surface area contributed by atoms with Gasteiger partial charge in [0, 0.05) is 0 Å². The lowest BCUT2D eigenvalue weighted by Gasteiger charge is -2.12. The van der Waals surface area contributed by atoms with Crippen LogP contribution in [-0.2, 0) is 0 Å². The second-order valence-electron chi connectivity index (χ2n) is 5.11. The van der Waals surface area contributed by atoms with Gasteiger partial charge >= 0.3 is 0 Å². The van der Waals surface area contributed by atoms with Crippen molar-refractivity contribution in [2.75, 3.05) is 28.4 Å². The van der Waals surface area contributed by atoms with Gasteiger partial charge in [-0.1, -0.05) is 30.4 Å². The Hall–Kier alpha value is -3.08. The van der Waals surface area contributed by atoms with Gasteiger partial charge in [-0.05, 0) is 35.4 Å². The highest BCUT2D eigenvalue weighted by molar-refractivity contribution is 5.64. The molecule has 0 aliphatic rings. The zero-order valence-corrected chi connectivity index (χ0v) is 14.8. The highest BCUT2D eigenvalue weighted by Crippen LogP contribution is 2.38. The van der Waals surface area contributed by atoms with Crippen LogP contribution in [0.4, 0.5) is 0 Å². The number of aromatic hydroxyl groups is 1. The minimum absolute atomic E-state index is 0.109. The largest absolute Gasteiger partial charge is 0.504 e. The van der Waals surface area contributed by atoms with Gasteiger partial charge in [-0.25, -0.2) is 0 Å². The van der Waals surface area contributed by atoms with Crippen LogP contribution < -0.4 is 18.9 Å². The molecule has 1 N–H and O–H groups in total. The first kappa shape index (κ1) is 18.3. The summed E-state index contributed by atoms with van der Waals surface area (Å²) in [6.45, 7) is 0. The lowest BCUT2D eigenvalue weighted by atomic mass is 10.1. The summed E-state index contributed by atoms with van der Waals surface area (Å²) in [5.41, 5.74) is 1.78. The summed E-state index contributed by atoms with van der Waals surface area (Å²) in [5, 5.41) is 9.77. The van der Waals surface area contributed by atoms with Crippen LogP contribution in [0.1, 0.15) is 11.1 Å². The molecule has 5 heteroatoms. The average molecular weight is 342 g/mol. The van der Waals surface area contributed by atoms with E-state index in [1.807, 2.05) is 42.5 Å². The van der Waals surface area contributed by atoms with Crippen LogP contribution in [0.3, 0.4) is 0 Å². The van der Waals surface area contributed by atoms with Gasteiger partial charge in [0.25, 0.3) is 0 Å². The van der Waals surface area contributed by atoms with Crippen LogP contribution in [0.15, 0.2) is 42.5 Å². The summed E-state index contributed by atoms with van der Waals surface area (Å²) in [4.78, 5) is 0. The first-order chi connectivity index (χ1) is 12.1. The fourth-order valence-corrected chi connectivity index (χ4v) is 2.34. The molecule has 132 valence electrons. The molecular weight excluding hydrogens is 320 g/mol. The minimum atomic E-state index is 0.109. The summed E-state index contributed by atoms with van der Waals surface area (Å²) >= 11 is 0. The van der Waals surface area contributed by atoms with Gasteiger partial charge in [0.1, 0.15) is 0 Å². The standard InChI is InChI=1S/C20H22O5/c1-22-17-10-9-14(11-16(17)21)7-5-6-8-15-12-18(23-2)20(25-4)19(13-15)24-3/h5-13,21H,1-4H3/b7-5-,8-6+. The number of hydrogen-bond acceptors (Lipinski definition) is 5. The van der Waals surface area contributed by atoms with Crippen molar-refractivity contribution in [2.45, 2.75) is 0 Å². The Morgan fingerprint density at radius 3 is 1.72 bits per heavy atom. The number of methoxy groups -OCH3 is 4. The smallest absolute Gasteiger partial charge is 0.203 e. The van der Waals surface area contributed by atoms with E-state index in [0.717, 1.165) is 11.1 Å². The molecule has 2 rings (SSSR count). The Labute approximate surface area is 147 Å². The number of hydrogen-bond donors (Lipinski definition) is 1. The Bertz CT molecular complexity index is 753. The average Bonchev–Trinajstić information content (AvgIpc) is 2.64. The molecule has 0 aromatic heterocycles. The fourth-order valence-electron chi connectivity index (χ4n) is 2.34. The van der Waals surface area contributed by atoms with Crippen LogP contribution >= 0.6 is 0 Å². The van der Waals surface area contributed by atoms with E-state index in [1.54, 1.807) is 33.5 Å². The molecular formula is C20H22O5. The van der Waals surface area contributed by atoms with Crippen LogP contribution in [0.2, 0.25) is 0 Å².